The maximum atomic E-state index is 12.8. The third kappa shape index (κ3) is 4.70. The van der Waals surface area contributed by atoms with Crippen molar-refractivity contribution < 1.29 is 13.5 Å². The molecule has 0 atom stereocenters. The molecule has 0 fully saturated rings. The second-order valence-electron chi connectivity index (χ2n) is 5.71. The summed E-state index contributed by atoms with van der Waals surface area (Å²) in [7, 11) is 0. The van der Waals surface area contributed by atoms with E-state index in [-0.39, 0.29) is 11.4 Å². The molecule has 2 aromatic rings. The van der Waals surface area contributed by atoms with Gasteiger partial charge >= 0.3 is 0 Å². The predicted molar refractivity (Wildman–Crippen MR) is 76.0 cm³/mol. The normalized spacial score (nSPS) is 11.6. The lowest BCUT2D eigenvalue weighted by atomic mass is 10.1. The molecular formula is C16H20FNO2. The van der Waals surface area contributed by atoms with Crippen LogP contribution in [0.1, 0.15) is 32.3 Å². The summed E-state index contributed by atoms with van der Waals surface area (Å²) >= 11 is 0. The van der Waals surface area contributed by atoms with E-state index >= 15 is 0 Å². The zero-order chi connectivity index (χ0) is 14.6. The number of rotatable bonds is 5. The van der Waals surface area contributed by atoms with Crippen LogP contribution in [0.3, 0.4) is 0 Å². The average Bonchev–Trinajstić information content (AvgIpc) is 2.83. The van der Waals surface area contributed by atoms with Gasteiger partial charge in [0.25, 0.3) is 0 Å². The van der Waals surface area contributed by atoms with Gasteiger partial charge in [-0.2, -0.15) is 0 Å². The average molecular weight is 277 g/mol. The Morgan fingerprint density at radius 2 is 1.70 bits per heavy atom. The highest BCUT2D eigenvalue weighted by atomic mass is 19.1. The van der Waals surface area contributed by atoms with Gasteiger partial charge in [-0.25, -0.2) is 4.39 Å². The molecule has 0 radical (unpaired) electrons. The minimum Gasteiger partial charge on any atom is -0.486 e. The van der Waals surface area contributed by atoms with Crippen molar-refractivity contribution in [3.63, 3.8) is 0 Å². The molecular weight excluding hydrogens is 257 g/mol. The first kappa shape index (κ1) is 14.6. The van der Waals surface area contributed by atoms with Crippen LogP contribution in [-0.2, 0) is 13.2 Å². The quantitative estimate of drug-likeness (QED) is 0.900. The first-order valence-corrected chi connectivity index (χ1v) is 6.63. The molecule has 0 aliphatic rings. The molecule has 0 amide bonds. The van der Waals surface area contributed by atoms with Crippen molar-refractivity contribution >= 4 is 0 Å². The maximum Gasteiger partial charge on any atom is 0.146 e. The lowest BCUT2D eigenvalue weighted by molar-refractivity contribution is 0.262. The van der Waals surface area contributed by atoms with E-state index in [0.717, 1.165) is 11.5 Å². The van der Waals surface area contributed by atoms with E-state index in [1.54, 1.807) is 12.1 Å². The SMILES string of the molecule is CC(C)(C)NCc1ccc(COc2ccc(F)cc2)o1. The zero-order valence-electron chi connectivity index (χ0n) is 12.1. The van der Waals surface area contributed by atoms with Gasteiger partial charge in [-0.3, -0.25) is 0 Å². The largest absolute Gasteiger partial charge is 0.486 e. The smallest absolute Gasteiger partial charge is 0.146 e. The number of nitrogens with one attached hydrogen (secondary N) is 1. The summed E-state index contributed by atoms with van der Waals surface area (Å²) in [5, 5.41) is 3.36. The van der Waals surface area contributed by atoms with Crippen LogP contribution >= 0.6 is 0 Å². The minimum absolute atomic E-state index is 0.0531. The van der Waals surface area contributed by atoms with Crippen LogP contribution in [0, 0.1) is 5.82 Å². The van der Waals surface area contributed by atoms with Gasteiger partial charge in [-0.05, 0) is 57.2 Å². The molecule has 0 bridgehead atoms. The molecule has 3 nitrogen and oxygen atoms in total. The summed E-state index contributed by atoms with van der Waals surface area (Å²) < 4.78 is 23.9. The Morgan fingerprint density at radius 3 is 2.35 bits per heavy atom. The van der Waals surface area contributed by atoms with E-state index < -0.39 is 0 Å². The van der Waals surface area contributed by atoms with Gasteiger partial charge in [0.15, 0.2) is 0 Å². The van der Waals surface area contributed by atoms with Gasteiger partial charge < -0.3 is 14.5 Å². The molecule has 1 aromatic heterocycles. The number of hydrogen-bond donors (Lipinski definition) is 1. The highest BCUT2D eigenvalue weighted by Crippen LogP contribution is 2.15. The summed E-state index contributed by atoms with van der Waals surface area (Å²) in [6, 6.07) is 9.76. The highest BCUT2D eigenvalue weighted by Gasteiger charge is 2.10. The second kappa shape index (κ2) is 6.09. The molecule has 0 saturated heterocycles. The van der Waals surface area contributed by atoms with Crippen LogP contribution in [0.5, 0.6) is 5.75 Å². The van der Waals surface area contributed by atoms with Crippen LogP contribution in [0.4, 0.5) is 4.39 Å². The molecule has 2 rings (SSSR count). The molecule has 0 saturated carbocycles. The summed E-state index contributed by atoms with van der Waals surface area (Å²) in [6.07, 6.45) is 0. The van der Waals surface area contributed by atoms with Crippen molar-refractivity contribution in [2.24, 2.45) is 0 Å². The molecule has 108 valence electrons. The number of hydrogen-bond acceptors (Lipinski definition) is 3. The predicted octanol–water partition coefficient (Wildman–Crippen LogP) is 3.89. The van der Waals surface area contributed by atoms with Crippen molar-refractivity contribution in [2.45, 2.75) is 39.5 Å². The van der Waals surface area contributed by atoms with E-state index in [1.807, 2.05) is 12.1 Å². The van der Waals surface area contributed by atoms with Crippen molar-refractivity contribution in [1.29, 1.82) is 0 Å². The summed E-state index contributed by atoms with van der Waals surface area (Å²) in [5.74, 6) is 1.97. The second-order valence-corrected chi connectivity index (χ2v) is 5.71. The Kier molecular flexibility index (Phi) is 4.45. The van der Waals surface area contributed by atoms with Gasteiger partial charge in [0.1, 0.15) is 29.7 Å². The van der Waals surface area contributed by atoms with Crippen LogP contribution in [0.15, 0.2) is 40.8 Å². The van der Waals surface area contributed by atoms with Crippen molar-refractivity contribution in [3.05, 3.63) is 53.7 Å². The maximum absolute atomic E-state index is 12.8. The molecule has 1 heterocycles. The molecule has 1 aromatic carbocycles. The third-order valence-electron chi connectivity index (χ3n) is 2.70. The Morgan fingerprint density at radius 1 is 1.05 bits per heavy atom. The Labute approximate surface area is 118 Å². The van der Waals surface area contributed by atoms with Crippen LogP contribution in [-0.4, -0.2) is 5.54 Å². The molecule has 20 heavy (non-hydrogen) atoms. The fourth-order valence-corrected chi connectivity index (χ4v) is 1.63. The van der Waals surface area contributed by atoms with E-state index in [2.05, 4.69) is 26.1 Å². The van der Waals surface area contributed by atoms with Crippen molar-refractivity contribution in [2.75, 3.05) is 0 Å². The number of halogens is 1. The first-order valence-electron chi connectivity index (χ1n) is 6.63. The summed E-state index contributed by atoms with van der Waals surface area (Å²) in [4.78, 5) is 0. The summed E-state index contributed by atoms with van der Waals surface area (Å²) in [5.41, 5.74) is 0.0531. The Bertz CT molecular complexity index is 540. The topological polar surface area (TPSA) is 34.4 Å². The first-order chi connectivity index (χ1) is 9.42. The van der Waals surface area contributed by atoms with Gasteiger partial charge in [-0.1, -0.05) is 0 Å². The standard InChI is InChI=1S/C16H20FNO2/c1-16(2,3)18-10-14-8-9-15(20-14)11-19-13-6-4-12(17)5-7-13/h4-9,18H,10-11H2,1-3H3. The lowest BCUT2D eigenvalue weighted by Crippen LogP contribution is -2.34. The van der Waals surface area contributed by atoms with E-state index in [1.165, 1.54) is 12.1 Å². The van der Waals surface area contributed by atoms with Gasteiger partial charge in [0.2, 0.25) is 0 Å². The fourth-order valence-electron chi connectivity index (χ4n) is 1.63. The minimum atomic E-state index is -0.272. The van der Waals surface area contributed by atoms with Gasteiger partial charge in [0.05, 0.1) is 6.54 Å². The monoisotopic (exact) mass is 277 g/mol. The third-order valence-corrected chi connectivity index (χ3v) is 2.70. The van der Waals surface area contributed by atoms with Gasteiger partial charge in [-0.15, -0.1) is 0 Å². The Balaban J connectivity index is 1.85. The molecule has 0 unspecified atom stereocenters. The highest BCUT2D eigenvalue weighted by molar-refractivity contribution is 5.22. The van der Waals surface area contributed by atoms with Crippen molar-refractivity contribution in [3.8, 4) is 5.75 Å². The number of ether oxygens (including phenoxy) is 1. The van der Waals surface area contributed by atoms with Crippen LogP contribution < -0.4 is 10.1 Å². The Hall–Kier alpha value is -1.81. The van der Waals surface area contributed by atoms with Crippen LogP contribution in [0.25, 0.3) is 0 Å². The van der Waals surface area contributed by atoms with Crippen LogP contribution in [0.2, 0.25) is 0 Å². The fraction of sp³-hybridized carbons (Fsp3) is 0.375. The number of benzene rings is 1. The lowest BCUT2D eigenvalue weighted by Gasteiger charge is -2.19. The van der Waals surface area contributed by atoms with E-state index in [9.17, 15) is 4.39 Å². The van der Waals surface area contributed by atoms with Gasteiger partial charge in [0, 0.05) is 5.54 Å². The van der Waals surface area contributed by atoms with E-state index in [4.69, 9.17) is 9.15 Å². The number of furan rings is 1. The van der Waals surface area contributed by atoms with E-state index in [0.29, 0.717) is 18.9 Å². The summed E-state index contributed by atoms with van der Waals surface area (Å²) in [6.45, 7) is 7.33. The molecule has 0 spiro atoms. The molecule has 1 N–H and O–H groups in total. The molecule has 4 heteroatoms. The molecule has 0 aliphatic carbocycles. The molecule has 0 aliphatic heterocycles. The zero-order valence-corrected chi connectivity index (χ0v) is 12.1. The van der Waals surface area contributed by atoms with Crippen molar-refractivity contribution in [1.82, 2.24) is 5.32 Å².